The van der Waals surface area contributed by atoms with Crippen LogP contribution in [0.4, 0.5) is 0 Å². The van der Waals surface area contributed by atoms with Crippen LogP contribution in [0.5, 0.6) is 0 Å². The van der Waals surface area contributed by atoms with Crippen LogP contribution in [-0.4, -0.2) is 22.9 Å². The Bertz CT molecular complexity index is 789. The molecule has 6 atom stereocenters. The first-order chi connectivity index (χ1) is 13.2. The first-order valence-electron chi connectivity index (χ1n) is 10.4. The lowest BCUT2D eigenvalue weighted by Crippen LogP contribution is -2.50. The highest BCUT2D eigenvalue weighted by atomic mass is 32.1. The number of rotatable bonds is 2. The van der Waals surface area contributed by atoms with Crippen molar-refractivity contribution in [3.05, 3.63) is 23.8 Å². The van der Waals surface area contributed by atoms with Gasteiger partial charge in [0, 0.05) is 12.3 Å². The van der Waals surface area contributed by atoms with Gasteiger partial charge in [0.1, 0.15) is 6.10 Å². The normalized spacial score (nSPS) is 42.8. The van der Waals surface area contributed by atoms with Crippen LogP contribution in [0, 0.1) is 28.6 Å². The van der Waals surface area contributed by atoms with Crippen LogP contribution in [0.2, 0.25) is 0 Å². The van der Waals surface area contributed by atoms with Gasteiger partial charge in [0.05, 0.1) is 5.71 Å². The summed E-state index contributed by atoms with van der Waals surface area (Å²) in [6.07, 6.45) is 13.5. The summed E-state index contributed by atoms with van der Waals surface area (Å²) in [5.41, 5.74) is 10.9. The van der Waals surface area contributed by atoms with E-state index in [0.717, 1.165) is 37.8 Å². The van der Waals surface area contributed by atoms with E-state index in [1.807, 2.05) is 0 Å². The maximum atomic E-state index is 11.6. The number of hydrazone groups is 1. The standard InChI is InChI=1S/C22H31N3O2S/c1-13(26)27-19-7-6-17-16-5-4-14-12-15(24-25-20(23)28)8-10-21(14,2)18(16)9-11-22(17,19)3/h4-5,12,16-19H,6-11H2,1-3H3,(H3,23,25,28)/b24-15+. The topological polar surface area (TPSA) is 76.7 Å². The number of nitrogens with two attached hydrogens (primary N) is 1. The maximum Gasteiger partial charge on any atom is 0.302 e. The molecule has 4 aliphatic rings. The Kier molecular flexibility index (Phi) is 4.89. The average Bonchev–Trinajstić information content (AvgIpc) is 2.95. The van der Waals surface area contributed by atoms with E-state index in [1.165, 1.54) is 18.9 Å². The molecule has 28 heavy (non-hydrogen) atoms. The van der Waals surface area contributed by atoms with Gasteiger partial charge < -0.3 is 10.5 Å². The number of nitrogens with zero attached hydrogens (tertiary/aromatic N) is 1. The molecule has 4 rings (SSSR count). The first-order valence-corrected chi connectivity index (χ1v) is 10.8. The van der Waals surface area contributed by atoms with Crippen molar-refractivity contribution in [3.8, 4) is 0 Å². The minimum Gasteiger partial charge on any atom is -0.462 e. The zero-order valence-electron chi connectivity index (χ0n) is 17.0. The van der Waals surface area contributed by atoms with Gasteiger partial charge in [-0.05, 0) is 85.6 Å². The van der Waals surface area contributed by atoms with Crippen LogP contribution < -0.4 is 11.2 Å². The molecule has 0 saturated heterocycles. The van der Waals surface area contributed by atoms with Crippen LogP contribution >= 0.6 is 12.2 Å². The van der Waals surface area contributed by atoms with Crippen LogP contribution in [0.15, 0.2) is 28.9 Å². The second kappa shape index (κ2) is 6.97. The molecule has 0 radical (unpaired) electrons. The van der Waals surface area contributed by atoms with E-state index in [1.54, 1.807) is 0 Å². The Balaban J connectivity index is 1.61. The van der Waals surface area contributed by atoms with E-state index < -0.39 is 0 Å². The van der Waals surface area contributed by atoms with Crippen molar-refractivity contribution >= 4 is 29.0 Å². The minimum atomic E-state index is -0.143. The van der Waals surface area contributed by atoms with E-state index >= 15 is 0 Å². The van der Waals surface area contributed by atoms with E-state index in [2.05, 4.69) is 42.6 Å². The van der Waals surface area contributed by atoms with Gasteiger partial charge in [0.15, 0.2) is 5.11 Å². The quantitative estimate of drug-likeness (QED) is 0.418. The zero-order valence-corrected chi connectivity index (χ0v) is 17.8. The van der Waals surface area contributed by atoms with Crippen molar-refractivity contribution < 1.29 is 9.53 Å². The molecule has 0 aromatic heterocycles. The summed E-state index contributed by atoms with van der Waals surface area (Å²) in [6, 6.07) is 0. The van der Waals surface area contributed by atoms with Crippen molar-refractivity contribution in [2.45, 2.75) is 65.4 Å². The maximum absolute atomic E-state index is 11.6. The lowest BCUT2D eigenvalue weighted by atomic mass is 9.49. The predicted octanol–water partition coefficient (Wildman–Crippen LogP) is 3.85. The number of hydrogen-bond acceptors (Lipinski definition) is 4. The van der Waals surface area contributed by atoms with Crippen molar-refractivity contribution in [3.63, 3.8) is 0 Å². The largest absolute Gasteiger partial charge is 0.462 e. The molecule has 0 aromatic rings. The summed E-state index contributed by atoms with van der Waals surface area (Å²) >= 11 is 4.86. The summed E-state index contributed by atoms with van der Waals surface area (Å²) < 4.78 is 5.74. The highest BCUT2D eigenvalue weighted by Gasteiger charge is 2.58. The number of ether oxygens (including phenoxy) is 1. The third-order valence-corrected chi connectivity index (χ3v) is 8.15. The summed E-state index contributed by atoms with van der Waals surface area (Å²) in [5, 5.41) is 4.55. The molecule has 152 valence electrons. The van der Waals surface area contributed by atoms with Gasteiger partial charge in [0.25, 0.3) is 0 Å². The van der Waals surface area contributed by atoms with Crippen LogP contribution in [-0.2, 0) is 9.53 Å². The fourth-order valence-electron chi connectivity index (χ4n) is 6.57. The monoisotopic (exact) mass is 401 g/mol. The smallest absolute Gasteiger partial charge is 0.302 e. The SMILES string of the molecule is CC(=O)OC1CCC2C3C=CC4=C/C(=N/NC(N)=S)CCC4(C)C3CCC12C. The third-order valence-electron chi connectivity index (χ3n) is 8.06. The second-order valence-electron chi connectivity index (χ2n) is 9.47. The summed E-state index contributed by atoms with van der Waals surface area (Å²) in [4.78, 5) is 11.6. The van der Waals surface area contributed by atoms with Gasteiger partial charge in [-0.3, -0.25) is 10.2 Å². The number of esters is 1. The highest BCUT2D eigenvalue weighted by molar-refractivity contribution is 7.80. The number of carbonyl (C=O) groups is 1. The van der Waals surface area contributed by atoms with E-state index in [9.17, 15) is 4.79 Å². The highest BCUT2D eigenvalue weighted by Crippen LogP contribution is 2.64. The molecule has 0 bridgehead atoms. The number of fused-ring (bicyclic) bond motifs is 5. The van der Waals surface area contributed by atoms with Crippen molar-refractivity contribution in [1.29, 1.82) is 0 Å². The molecule has 0 aliphatic heterocycles. The first kappa shape index (κ1) is 19.6. The molecule has 0 amide bonds. The van der Waals surface area contributed by atoms with E-state index in [-0.39, 0.29) is 28.0 Å². The minimum absolute atomic E-state index is 0.0744. The zero-order chi connectivity index (χ0) is 20.1. The average molecular weight is 402 g/mol. The summed E-state index contributed by atoms with van der Waals surface area (Å²) in [7, 11) is 0. The predicted molar refractivity (Wildman–Crippen MR) is 115 cm³/mol. The van der Waals surface area contributed by atoms with Gasteiger partial charge >= 0.3 is 5.97 Å². The van der Waals surface area contributed by atoms with Crippen LogP contribution in [0.3, 0.4) is 0 Å². The number of allylic oxidation sites excluding steroid dienone is 4. The van der Waals surface area contributed by atoms with Gasteiger partial charge in [-0.1, -0.05) is 26.0 Å². The number of hydrogen-bond donors (Lipinski definition) is 2. The molecule has 2 saturated carbocycles. The summed E-state index contributed by atoms with van der Waals surface area (Å²) in [5.74, 6) is 1.66. The number of thiocarbonyl (C=S) groups is 1. The lowest BCUT2D eigenvalue weighted by molar-refractivity contribution is -0.155. The number of nitrogens with one attached hydrogen (secondary N) is 1. The molecule has 0 heterocycles. The Morgan fingerprint density at radius 3 is 2.79 bits per heavy atom. The molecular weight excluding hydrogens is 370 g/mol. The van der Waals surface area contributed by atoms with Crippen LogP contribution in [0.25, 0.3) is 0 Å². The van der Waals surface area contributed by atoms with Crippen molar-refractivity contribution in [2.24, 2.45) is 39.4 Å². The molecule has 2 fully saturated rings. The van der Waals surface area contributed by atoms with Gasteiger partial charge in [-0.25, -0.2) is 0 Å². The molecule has 0 aromatic carbocycles. The number of carbonyl (C=O) groups excluding carboxylic acids is 1. The Labute approximate surface area is 172 Å². The second-order valence-corrected chi connectivity index (χ2v) is 9.91. The van der Waals surface area contributed by atoms with Gasteiger partial charge in [-0.2, -0.15) is 5.10 Å². The van der Waals surface area contributed by atoms with Crippen molar-refractivity contribution in [1.82, 2.24) is 5.43 Å². The van der Waals surface area contributed by atoms with E-state index in [4.69, 9.17) is 22.7 Å². The molecule has 0 spiro atoms. The molecule has 5 nitrogen and oxygen atoms in total. The van der Waals surface area contributed by atoms with E-state index in [0.29, 0.717) is 17.8 Å². The molecule has 6 heteroatoms. The Morgan fingerprint density at radius 2 is 2.07 bits per heavy atom. The summed E-state index contributed by atoms with van der Waals surface area (Å²) in [6.45, 7) is 6.32. The molecular formula is C22H31N3O2S. The van der Waals surface area contributed by atoms with Gasteiger partial charge in [0.2, 0.25) is 0 Å². The molecule has 6 unspecified atom stereocenters. The van der Waals surface area contributed by atoms with Gasteiger partial charge in [-0.15, -0.1) is 0 Å². The fourth-order valence-corrected chi connectivity index (χ4v) is 6.61. The lowest BCUT2D eigenvalue weighted by Gasteiger charge is -2.55. The molecule has 3 N–H and O–H groups in total. The van der Waals surface area contributed by atoms with Crippen molar-refractivity contribution in [2.75, 3.05) is 0 Å². The Hall–Kier alpha value is -1.69. The molecule has 4 aliphatic carbocycles. The van der Waals surface area contributed by atoms with Crippen LogP contribution in [0.1, 0.15) is 59.3 Å². The Morgan fingerprint density at radius 1 is 1.29 bits per heavy atom. The fraction of sp³-hybridized carbons (Fsp3) is 0.682. The third kappa shape index (κ3) is 3.10.